The van der Waals surface area contributed by atoms with Crippen molar-refractivity contribution in [3.8, 4) is 0 Å². The van der Waals surface area contributed by atoms with Gasteiger partial charge in [0.15, 0.2) is 0 Å². The van der Waals surface area contributed by atoms with Crippen molar-refractivity contribution >= 4 is 17.5 Å². The maximum atomic E-state index is 13.1. The number of fused-ring (bicyclic) bond motifs is 1. The molecule has 2 amide bonds. The molecule has 3 atom stereocenters. The summed E-state index contributed by atoms with van der Waals surface area (Å²) >= 11 is 0. The molecule has 3 unspecified atom stereocenters. The number of benzene rings is 1. The van der Waals surface area contributed by atoms with E-state index in [0.29, 0.717) is 12.3 Å². The van der Waals surface area contributed by atoms with E-state index in [1.807, 2.05) is 11.0 Å². The van der Waals surface area contributed by atoms with Crippen LogP contribution >= 0.6 is 0 Å². The third-order valence-corrected chi connectivity index (χ3v) is 6.12. The second kappa shape index (κ2) is 7.06. The predicted molar refractivity (Wildman–Crippen MR) is 97.2 cm³/mol. The second-order valence-electron chi connectivity index (χ2n) is 7.58. The maximum Gasteiger partial charge on any atom is 0.226 e. The number of nitrogens with zero attached hydrogens (tertiary/aromatic N) is 2. The van der Waals surface area contributed by atoms with Crippen molar-refractivity contribution in [3.05, 3.63) is 30.3 Å². The predicted octanol–water partition coefficient (Wildman–Crippen LogP) is 2.03. The molecule has 2 aliphatic heterocycles. The SMILES string of the molecule is O=C1CC(C(=O)N2CCN(c3ccccc3)CC2)C2CCCCC2N1. The smallest absolute Gasteiger partial charge is 0.226 e. The summed E-state index contributed by atoms with van der Waals surface area (Å²) in [7, 11) is 0. The summed E-state index contributed by atoms with van der Waals surface area (Å²) in [6, 6.07) is 10.6. The highest BCUT2D eigenvalue weighted by molar-refractivity contribution is 5.87. The molecule has 0 aromatic heterocycles. The molecule has 3 fully saturated rings. The molecule has 134 valence electrons. The van der Waals surface area contributed by atoms with Crippen LogP contribution < -0.4 is 10.2 Å². The van der Waals surface area contributed by atoms with Crippen LogP contribution in [0.4, 0.5) is 5.69 Å². The normalized spacial score (nSPS) is 29.8. The molecular weight excluding hydrogens is 314 g/mol. The Balaban J connectivity index is 1.40. The van der Waals surface area contributed by atoms with E-state index in [0.717, 1.165) is 45.4 Å². The standard InChI is InChI=1S/C20H27N3O2/c24-19-14-17(16-8-4-5-9-18(16)21-19)20(25)23-12-10-22(11-13-23)15-6-2-1-3-7-15/h1-3,6-7,16-18H,4-5,8-14H2,(H,21,24). The van der Waals surface area contributed by atoms with Crippen molar-refractivity contribution in [3.63, 3.8) is 0 Å². The van der Waals surface area contributed by atoms with Crippen LogP contribution in [0.3, 0.4) is 0 Å². The van der Waals surface area contributed by atoms with Gasteiger partial charge in [-0.2, -0.15) is 0 Å². The number of carbonyl (C=O) groups is 2. The Kier molecular flexibility index (Phi) is 4.64. The summed E-state index contributed by atoms with van der Waals surface area (Å²) in [5, 5.41) is 3.12. The van der Waals surface area contributed by atoms with Crippen molar-refractivity contribution in [2.24, 2.45) is 11.8 Å². The van der Waals surface area contributed by atoms with Crippen molar-refractivity contribution in [2.75, 3.05) is 31.1 Å². The Morgan fingerprint density at radius 1 is 1.00 bits per heavy atom. The summed E-state index contributed by atoms with van der Waals surface area (Å²) in [4.78, 5) is 29.5. The van der Waals surface area contributed by atoms with Gasteiger partial charge in [-0.25, -0.2) is 0 Å². The molecule has 0 spiro atoms. The van der Waals surface area contributed by atoms with Crippen LogP contribution in [0.15, 0.2) is 30.3 Å². The summed E-state index contributed by atoms with van der Waals surface area (Å²) in [5.41, 5.74) is 1.22. The highest BCUT2D eigenvalue weighted by Crippen LogP contribution is 2.36. The molecule has 3 aliphatic rings. The third kappa shape index (κ3) is 3.37. The van der Waals surface area contributed by atoms with Gasteiger partial charge in [0, 0.05) is 44.3 Å². The molecule has 25 heavy (non-hydrogen) atoms. The summed E-state index contributed by atoms with van der Waals surface area (Å²) in [6.45, 7) is 3.23. The number of nitrogens with one attached hydrogen (secondary N) is 1. The largest absolute Gasteiger partial charge is 0.368 e. The number of hydrogen-bond donors (Lipinski definition) is 1. The molecule has 1 N–H and O–H groups in total. The average Bonchev–Trinajstić information content (AvgIpc) is 2.67. The van der Waals surface area contributed by atoms with Crippen LogP contribution in [0.25, 0.3) is 0 Å². The van der Waals surface area contributed by atoms with E-state index < -0.39 is 0 Å². The highest BCUT2D eigenvalue weighted by atomic mass is 16.2. The van der Waals surface area contributed by atoms with Crippen molar-refractivity contribution < 1.29 is 9.59 Å². The first-order chi connectivity index (χ1) is 12.2. The van der Waals surface area contributed by atoms with Gasteiger partial charge in [0.05, 0.1) is 5.92 Å². The molecule has 2 heterocycles. The lowest BCUT2D eigenvalue weighted by Crippen LogP contribution is -2.57. The molecule has 5 heteroatoms. The van der Waals surface area contributed by atoms with E-state index >= 15 is 0 Å². The van der Waals surface area contributed by atoms with Gasteiger partial charge in [-0.05, 0) is 30.9 Å². The van der Waals surface area contributed by atoms with Crippen LogP contribution in [-0.2, 0) is 9.59 Å². The Bertz CT molecular complexity index is 625. The van der Waals surface area contributed by atoms with Gasteiger partial charge in [-0.3, -0.25) is 9.59 Å². The minimum atomic E-state index is -0.109. The van der Waals surface area contributed by atoms with Crippen molar-refractivity contribution in [1.29, 1.82) is 0 Å². The number of rotatable bonds is 2. The number of amides is 2. The van der Waals surface area contributed by atoms with E-state index in [2.05, 4.69) is 34.5 Å². The number of hydrogen-bond acceptors (Lipinski definition) is 3. The molecule has 0 radical (unpaired) electrons. The molecule has 1 aliphatic carbocycles. The van der Waals surface area contributed by atoms with Crippen LogP contribution in [0.5, 0.6) is 0 Å². The summed E-state index contributed by atoms with van der Waals surface area (Å²) in [6.07, 6.45) is 4.83. The molecule has 1 aromatic carbocycles. The van der Waals surface area contributed by atoms with Gasteiger partial charge >= 0.3 is 0 Å². The first-order valence-electron chi connectivity index (χ1n) is 9.60. The summed E-state index contributed by atoms with van der Waals surface area (Å²) in [5.74, 6) is 0.498. The van der Waals surface area contributed by atoms with E-state index in [4.69, 9.17) is 0 Å². The Morgan fingerprint density at radius 3 is 2.48 bits per heavy atom. The number of carbonyl (C=O) groups excluding carboxylic acids is 2. The second-order valence-corrected chi connectivity index (χ2v) is 7.58. The number of para-hydroxylation sites is 1. The Hall–Kier alpha value is -2.04. The molecule has 4 rings (SSSR count). The number of anilines is 1. The molecule has 1 aromatic rings. The van der Waals surface area contributed by atoms with Gasteiger partial charge in [0.2, 0.25) is 11.8 Å². The van der Waals surface area contributed by atoms with Gasteiger partial charge in [-0.1, -0.05) is 31.0 Å². The zero-order chi connectivity index (χ0) is 17.2. The van der Waals surface area contributed by atoms with E-state index in [1.165, 1.54) is 12.1 Å². The van der Waals surface area contributed by atoms with Crippen molar-refractivity contribution in [2.45, 2.75) is 38.1 Å². The van der Waals surface area contributed by atoms with Gasteiger partial charge in [0.1, 0.15) is 0 Å². The number of piperazine rings is 1. The van der Waals surface area contributed by atoms with Crippen LogP contribution in [-0.4, -0.2) is 48.9 Å². The first-order valence-corrected chi connectivity index (χ1v) is 9.60. The fraction of sp³-hybridized carbons (Fsp3) is 0.600. The van der Waals surface area contributed by atoms with Crippen LogP contribution in [0, 0.1) is 11.8 Å². The molecule has 5 nitrogen and oxygen atoms in total. The Morgan fingerprint density at radius 2 is 1.72 bits per heavy atom. The Labute approximate surface area is 149 Å². The third-order valence-electron chi connectivity index (χ3n) is 6.12. The van der Waals surface area contributed by atoms with E-state index in [1.54, 1.807) is 0 Å². The molecule has 2 saturated heterocycles. The lowest BCUT2D eigenvalue weighted by Gasteiger charge is -2.44. The van der Waals surface area contributed by atoms with Crippen LogP contribution in [0.1, 0.15) is 32.1 Å². The monoisotopic (exact) mass is 341 g/mol. The molecular formula is C20H27N3O2. The lowest BCUT2D eigenvalue weighted by atomic mass is 9.72. The van der Waals surface area contributed by atoms with Gasteiger partial charge in [-0.15, -0.1) is 0 Å². The zero-order valence-corrected chi connectivity index (χ0v) is 14.7. The van der Waals surface area contributed by atoms with E-state index in [-0.39, 0.29) is 23.8 Å². The molecule has 1 saturated carbocycles. The lowest BCUT2D eigenvalue weighted by molar-refractivity contribution is -0.145. The topological polar surface area (TPSA) is 52.7 Å². The summed E-state index contributed by atoms with van der Waals surface area (Å²) < 4.78 is 0. The quantitative estimate of drug-likeness (QED) is 0.895. The van der Waals surface area contributed by atoms with Crippen LogP contribution in [0.2, 0.25) is 0 Å². The minimum absolute atomic E-state index is 0.0596. The van der Waals surface area contributed by atoms with E-state index in [9.17, 15) is 9.59 Å². The highest BCUT2D eigenvalue weighted by Gasteiger charge is 2.43. The maximum absolute atomic E-state index is 13.1. The minimum Gasteiger partial charge on any atom is -0.368 e. The fourth-order valence-corrected chi connectivity index (χ4v) is 4.77. The fourth-order valence-electron chi connectivity index (χ4n) is 4.77. The molecule has 0 bridgehead atoms. The van der Waals surface area contributed by atoms with Crippen molar-refractivity contribution in [1.82, 2.24) is 10.2 Å². The zero-order valence-electron chi connectivity index (χ0n) is 14.7. The van der Waals surface area contributed by atoms with Gasteiger partial charge in [0.25, 0.3) is 0 Å². The average molecular weight is 341 g/mol. The number of piperidine rings is 1. The first kappa shape index (κ1) is 16.4. The van der Waals surface area contributed by atoms with Gasteiger partial charge < -0.3 is 15.1 Å².